The van der Waals surface area contributed by atoms with Crippen molar-refractivity contribution in [1.82, 2.24) is 4.98 Å². The van der Waals surface area contributed by atoms with Crippen molar-refractivity contribution >= 4 is 27.3 Å². The number of nitrogens with zero attached hydrogens (tertiary/aromatic N) is 1. The first-order valence-electron chi connectivity index (χ1n) is 17.8. The van der Waals surface area contributed by atoms with Gasteiger partial charge in [0.25, 0.3) is 0 Å². The smallest absolute Gasteiger partial charge is 0.164 e. The van der Waals surface area contributed by atoms with E-state index in [4.69, 9.17) is 4.98 Å². The number of aliphatic hydroxyl groups is 1. The third-order valence-corrected chi connectivity index (χ3v) is 11.5. The first-order chi connectivity index (χ1) is 22.3. The van der Waals surface area contributed by atoms with Crippen LogP contribution in [0.25, 0.3) is 32.8 Å². The number of aromatic nitrogens is 1. The molecule has 5 heteroatoms. The predicted molar refractivity (Wildman–Crippen MR) is 196 cm³/mol. The number of benzene rings is 3. The van der Waals surface area contributed by atoms with Crippen molar-refractivity contribution in [1.29, 1.82) is 0 Å². The molecule has 0 saturated heterocycles. The SMILES string of the molecule is CCC(C)(CC)C(=O)/C=C(\O)C(C)(CC)CC.Cc1[c-]c(-c2nccc3cc(C(C)C4CCCC4)c4cc(F)ccc4c23)cc(C)c1.[Ir]. The van der Waals surface area contributed by atoms with Crippen molar-refractivity contribution in [2.45, 2.75) is 120 Å². The number of aliphatic hydroxyl groups excluding tert-OH is 1. The maximum Gasteiger partial charge on any atom is 0.164 e. The number of ketones is 1. The molecule has 261 valence electrons. The largest absolute Gasteiger partial charge is 0.512 e. The zero-order valence-electron chi connectivity index (χ0n) is 30.5. The van der Waals surface area contributed by atoms with Gasteiger partial charge in [0.2, 0.25) is 0 Å². The van der Waals surface area contributed by atoms with E-state index in [9.17, 15) is 14.3 Å². The average molecular weight is 829 g/mol. The summed E-state index contributed by atoms with van der Waals surface area (Å²) in [4.78, 5) is 16.9. The summed E-state index contributed by atoms with van der Waals surface area (Å²) < 4.78 is 14.4. The number of allylic oxidation sites excluding steroid dienone is 2. The van der Waals surface area contributed by atoms with E-state index in [2.05, 4.69) is 51.1 Å². The van der Waals surface area contributed by atoms with Crippen LogP contribution >= 0.6 is 0 Å². The topological polar surface area (TPSA) is 50.2 Å². The Bertz CT molecular complexity index is 1730. The Morgan fingerprint density at radius 3 is 2.17 bits per heavy atom. The molecule has 1 aromatic heterocycles. The van der Waals surface area contributed by atoms with Crippen LogP contribution in [0, 0.1) is 42.5 Å². The van der Waals surface area contributed by atoms with Gasteiger partial charge in [0, 0.05) is 43.2 Å². The van der Waals surface area contributed by atoms with E-state index in [1.165, 1.54) is 48.3 Å². The second-order valence-corrected chi connectivity index (χ2v) is 14.4. The number of carbonyl (C=O) groups excluding carboxylic acids is 1. The molecule has 1 atom stereocenters. The van der Waals surface area contributed by atoms with Crippen molar-refractivity contribution < 1.29 is 34.4 Å². The van der Waals surface area contributed by atoms with Gasteiger partial charge in [-0.25, -0.2) is 4.39 Å². The maximum absolute atomic E-state index is 14.4. The molecule has 3 aromatic carbocycles. The molecule has 0 aliphatic heterocycles. The predicted octanol–water partition coefficient (Wildman–Crippen LogP) is 12.6. The molecule has 1 aliphatic carbocycles. The Balaban J connectivity index is 0.000000301. The fourth-order valence-electron chi connectivity index (χ4n) is 7.10. The molecule has 1 unspecified atom stereocenters. The molecule has 1 heterocycles. The summed E-state index contributed by atoms with van der Waals surface area (Å²) in [5.41, 5.74) is 4.89. The van der Waals surface area contributed by atoms with Crippen molar-refractivity contribution in [2.24, 2.45) is 16.7 Å². The zero-order chi connectivity index (χ0) is 34.5. The molecule has 1 N–H and O–H groups in total. The minimum absolute atomic E-state index is 0. The van der Waals surface area contributed by atoms with Gasteiger partial charge in [-0.3, -0.25) is 4.79 Å². The molecule has 1 radical (unpaired) electrons. The van der Waals surface area contributed by atoms with E-state index in [1.54, 1.807) is 12.1 Å². The summed E-state index contributed by atoms with van der Waals surface area (Å²) in [5, 5.41) is 14.5. The van der Waals surface area contributed by atoms with Gasteiger partial charge < -0.3 is 10.1 Å². The molecular formula is C43H55FIrNO2-. The van der Waals surface area contributed by atoms with Gasteiger partial charge in [-0.15, -0.1) is 34.9 Å². The number of carbonyl (C=O) groups is 1. The molecular weight excluding hydrogens is 774 g/mol. The summed E-state index contributed by atoms with van der Waals surface area (Å²) >= 11 is 0. The van der Waals surface area contributed by atoms with E-state index in [0.29, 0.717) is 11.8 Å². The number of hydrogen-bond donors (Lipinski definition) is 1. The van der Waals surface area contributed by atoms with Gasteiger partial charge in [0.1, 0.15) is 11.6 Å². The minimum Gasteiger partial charge on any atom is -0.512 e. The molecule has 1 aliphatic rings. The van der Waals surface area contributed by atoms with Gasteiger partial charge >= 0.3 is 0 Å². The fraction of sp³-hybridized carbons (Fsp3) is 0.488. The molecule has 1 saturated carbocycles. The quantitative estimate of drug-likeness (QED) is 0.0750. The van der Waals surface area contributed by atoms with Crippen molar-refractivity contribution in [3.8, 4) is 11.3 Å². The van der Waals surface area contributed by atoms with Crippen molar-refractivity contribution in [2.75, 3.05) is 0 Å². The van der Waals surface area contributed by atoms with E-state index in [1.807, 2.05) is 53.8 Å². The minimum atomic E-state index is -0.337. The average Bonchev–Trinajstić information content (AvgIpc) is 3.61. The first kappa shape index (κ1) is 39.6. The number of rotatable bonds is 10. The number of pyridine rings is 1. The van der Waals surface area contributed by atoms with E-state index < -0.39 is 0 Å². The van der Waals surface area contributed by atoms with Crippen LogP contribution in [0.15, 0.2) is 60.5 Å². The van der Waals surface area contributed by atoms with Gasteiger partial charge in [-0.05, 0) is 101 Å². The number of halogens is 1. The van der Waals surface area contributed by atoms with E-state index in [0.717, 1.165) is 58.7 Å². The maximum atomic E-state index is 14.4. The second-order valence-electron chi connectivity index (χ2n) is 14.4. The number of fused-ring (bicyclic) bond motifs is 3. The summed E-state index contributed by atoms with van der Waals surface area (Å²) in [6.07, 6.45) is 11.8. The van der Waals surface area contributed by atoms with Gasteiger partial charge in [-0.1, -0.05) is 87.3 Å². The molecule has 0 bridgehead atoms. The van der Waals surface area contributed by atoms with Crippen molar-refractivity contribution in [3.05, 3.63) is 89.1 Å². The van der Waals surface area contributed by atoms with Crippen molar-refractivity contribution in [3.63, 3.8) is 0 Å². The normalized spacial score (nSPS) is 14.8. The Kier molecular flexibility index (Phi) is 13.7. The van der Waals surface area contributed by atoms with E-state index in [-0.39, 0.29) is 48.3 Å². The van der Waals surface area contributed by atoms with Gasteiger partial charge in [-0.2, -0.15) is 0 Å². The summed E-state index contributed by atoms with van der Waals surface area (Å²) in [7, 11) is 0. The Hall–Kier alpha value is -2.88. The third kappa shape index (κ3) is 8.45. The Labute approximate surface area is 302 Å². The molecule has 1 fully saturated rings. The van der Waals surface area contributed by atoms with Crippen LogP contribution in [0.5, 0.6) is 0 Å². The standard InChI is InChI=1S/C28H27FN.C15H28O2.Ir/c1-17-12-18(2)14-22(13-17)28-27-21(10-11-30-28)15-25(19(3)20-6-4-5-7-20)26-16-23(29)8-9-24(26)27;1-7-14(5,8-2)12(16)11-13(17)15(6,9-3)10-4;/h8-13,15-16,19-20H,4-7H2,1-3H3;11,16H,7-10H2,1-6H3;/q-1;;/b;12-11-;. The van der Waals surface area contributed by atoms with E-state index >= 15 is 0 Å². The molecule has 3 nitrogen and oxygen atoms in total. The fourth-order valence-corrected chi connectivity index (χ4v) is 7.10. The molecule has 5 rings (SSSR count). The van der Waals surface area contributed by atoms with Crippen LogP contribution < -0.4 is 0 Å². The second kappa shape index (κ2) is 16.7. The van der Waals surface area contributed by atoms with Gasteiger partial charge in [0.15, 0.2) is 5.78 Å². The van der Waals surface area contributed by atoms with Crippen LogP contribution in [0.3, 0.4) is 0 Å². The van der Waals surface area contributed by atoms with Crippen LogP contribution in [-0.4, -0.2) is 15.9 Å². The zero-order valence-corrected chi connectivity index (χ0v) is 32.9. The van der Waals surface area contributed by atoms with Crippen LogP contribution in [0.4, 0.5) is 4.39 Å². The monoisotopic (exact) mass is 829 g/mol. The number of aryl methyl sites for hydroxylation is 2. The van der Waals surface area contributed by atoms with Gasteiger partial charge in [0.05, 0.1) is 0 Å². The Morgan fingerprint density at radius 1 is 0.958 bits per heavy atom. The summed E-state index contributed by atoms with van der Waals surface area (Å²) in [6, 6.07) is 17.4. The summed E-state index contributed by atoms with van der Waals surface area (Å²) in [5.74, 6) is 1.22. The first-order valence-corrected chi connectivity index (χ1v) is 17.8. The van der Waals surface area contributed by atoms with Crippen LogP contribution in [0.2, 0.25) is 0 Å². The Morgan fingerprint density at radius 2 is 1.58 bits per heavy atom. The number of hydrogen-bond acceptors (Lipinski definition) is 3. The molecule has 0 amide bonds. The molecule has 0 spiro atoms. The third-order valence-electron chi connectivity index (χ3n) is 11.5. The van der Waals surface area contributed by atoms with Crippen LogP contribution in [-0.2, 0) is 24.9 Å². The molecule has 48 heavy (non-hydrogen) atoms. The molecule has 4 aromatic rings. The van der Waals surface area contributed by atoms with Crippen LogP contribution in [0.1, 0.15) is 122 Å². The summed E-state index contributed by atoms with van der Waals surface area (Å²) in [6.45, 7) is 18.6.